The summed E-state index contributed by atoms with van der Waals surface area (Å²) in [5, 5.41) is 0.645. The third-order valence-electron chi connectivity index (χ3n) is 2.19. The largest absolute Gasteiger partial charge is 0.399 e. The van der Waals surface area contributed by atoms with Gasteiger partial charge < -0.3 is 5.73 Å². The number of benzene rings is 1. The third kappa shape index (κ3) is 3.17. The van der Waals surface area contributed by atoms with Gasteiger partial charge in [-0.3, -0.25) is 0 Å². The zero-order valence-electron chi connectivity index (χ0n) is 9.35. The molecule has 0 aliphatic heterocycles. The normalized spacial score (nSPS) is 10.5. The monoisotopic (exact) mass is 249 g/mol. The van der Waals surface area contributed by atoms with Crippen molar-refractivity contribution in [2.45, 2.75) is 17.8 Å². The summed E-state index contributed by atoms with van der Waals surface area (Å²) < 4.78 is 13.5. The molecule has 0 atom stereocenters. The molecule has 5 heteroatoms. The molecule has 17 heavy (non-hydrogen) atoms. The van der Waals surface area contributed by atoms with Gasteiger partial charge in [-0.2, -0.15) is 0 Å². The maximum absolute atomic E-state index is 13.5. The molecule has 2 aromatic rings. The SMILES string of the molecule is Cc1cnc(SCc2ccc(N)cc2F)nc1. The van der Waals surface area contributed by atoms with Gasteiger partial charge in [-0.05, 0) is 30.2 Å². The average molecular weight is 249 g/mol. The standard InChI is InChI=1S/C12H12FN3S/c1-8-5-15-12(16-6-8)17-7-9-2-3-10(14)4-11(9)13/h2-6H,7,14H2,1H3. The summed E-state index contributed by atoms with van der Waals surface area (Å²) in [7, 11) is 0. The van der Waals surface area contributed by atoms with E-state index in [1.165, 1.54) is 17.8 Å². The highest BCUT2D eigenvalue weighted by Gasteiger charge is 2.04. The van der Waals surface area contributed by atoms with Crippen LogP contribution in [0.15, 0.2) is 35.7 Å². The Morgan fingerprint density at radius 1 is 1.29 bits per heavy atom. The van der Waals surface area contributed by atoms with E-state index >= 15 is 0 Å². The fourth-order valence-corrected chi connectivity index (χ4v) is 2.05. The molecule has 1 aromatic carbocycles. The first-order chi connectivity index (χ1) is 8.15. The fourth-order valence-electron chi connectivity index (χ4n) is 1.28. The van der Waals surface area contributed by atoms with Crippen LogP contribution in [0.5, 0.6) is 0 Å². The van der Waals surface area contributed by atoms with Gasteiger partial charge in [-0.25, -0.2) is 14.4 Å². The minimum atomic E-state index is -0.287. The lowest BCUT2D eigenvalue weighted by Gasteiger charge is -2.03. The van der Waals surface area contributed by atoms with Crippen LogP contribution >= 0.6 is 11.8 Å². The van der Waals surface area contributed by atoms with E-state index in [2.05, 4.69) is 9.97 Å². The molecule has 1 aromatic heterocycles. The van der Waals surface area contributed by atoms with E-state index in [1.807, 2.05) is 6.92 Å². The molecule has 3 nitrogen and oxygen atoms in total. The number of nitrogens with zero attached hydrogens (tertiary/aromatic N) is 2. The van der Waals surface area contributed by atoms with Crippen LogP contribution in [0.3, 0.4) is 0 Å². The molecule has 2 rings (SSSR count). The van der Waals surface area contributed by atoms with E-state index in [1.54, 1.807) is 24.5 Å². The van der Waals surface area contributed by atoms with Gasteiger partial charge in [-0.1, -0.05) is 17.8 Å². The third-order valence-corrected chi connectivity index (χ3v) is 3.12. The second-order valence-electron chi connectivity index (χ2n) is 3.68. The van der Waals surface area contributed by atoms with Crippen molar-refractivity contribution in [3.05, 3.63) is 47.5 Å². The van der Waals surface area contributed by atoms with E-state index in [-0.39, 0.29) is 5.82 Å². The maximum Gasteiger partial charge on any atom is 0.187 e. The van der Waals surface area contributed by atoms with Gasteiger partial charge in [0.05, 0.1) is 0 Å². The second kappa shape index (κ2) is 5.14. The molecule has 0 saturated heterocycles. The molecule has 0 unspecified atom stereocenters. The lowest BCUT2D eigenvalue weighted by atomic mass is 10.2. The Morgan fingerprint density at radius 3 is 2.65 bits per heavy atom. The molecule has 88 valence electrons. The topological polar surface area (TPSA) is 51.8 Å². The Balaban J connectivity index is 2.04. The predicted octanol–water partition coefficient (Wildman–Crippen LogP) is 2.80. The molecular formula is C12H12FN3S. The number of hydrogen-bond acceptors (Lipinski definition) is 4. The van der Waals surface area contributed by atoms with E-state index in [4.69, 9.17) is 5.73 Å². The van der Waals surface area contributed by atoms with Crippen LogP contribution in [0.4, 0.5) is 10.1 Å². The smallest absolute Gasteiger partial charge is 0.187 e. The van der Waals surface area contributed by atoms with Crippen LogP contribution in [-0.4, -0.2) is 9.97 Å². The predicted molar refractivity (Wildman–Crippen MR) is 67.1 cm³/mol. The number of halogens is 1. The van der Waals surface area contributed by atoms with E-state index in [0.717, 1.165) is 5.56 Å². The molecule has 0 spiro atoms. The van der Waals surface area contributed by atoms with Crippen molar-refractivity contribution in [3.63, 3.8) is 0 Å². The Bertz CT molecular complexity index is 514. The summed E-state index contributed by atoms with van der Waals surface area (Å²) in [6.45, 7) is 1.92. The molecule has 0 saturated carbocycles. The first-order valence-corrected chi connectivity index (χ1v) is 6.09. The minimum absolute atomic E-state index is 0.287. The highest BCUT2D eigenvalue weighted by molar-refractivity contribution is 7.98. The second-order valence-corrected chi connectivity index (χ2v) is 4.63. The summed E-state index contributed by atoms with van der Waals surface area (Å²) in [4.78, 5) is 8.29. The Hall–Kier alpha value is -1.62. The molecule has 0 radical (unpaired) electrons. The van der Waals surface area contributed by atoms with Crippen LogP contribution in [-0.2, 0) is 5.75 Å². The zero-order valence-corrected chi connectivity index (χ0v) is 10.2. The number of nitrogen functional groups attached to an aromatic ring is 1. The summed E-state index contributed by atoms with van der Waals surface area (Å²) in [5.41, 5.74) is 7.53. The van der Waals surface area contributed by atoms with Crippen molar-refractivity contribution in [3.8, 4) is 0 Å². The number of anilines is 1. The van der Waals surface area contributed by atoms with Crippen molar-refractivity contribution >= 4 is 17.4 Å². The van der Waals surface area contributed by atoms with Crippen molar-refractivity contribution in [1.29, 1.82) is 0 Å². The first kappa shape index (κ1) is 11.9. The lowest BCUT2D eigenvalue weighted by molar-refractivity contribution is 0.618. The number of aromatic nitrogens is 2. The van der Waals surface area contributed by atoms with E-state index < -0.39 is 0 Å². The average Bonchev–Trinajstić information content (AvgIpc) is 2.30. The van der Waals surface area contributed by atoms with E-state index in [9.17, 15) is 4.39 Å². The van der Waals surface area contributed by atoms with Gasteiger partial charge in [0.25, 0.3) is 0 Å². The Labute approximate surface area is 103 Å². The van der Waals surface area contributed by atoms with Crippen LogP contribution in [0.2, 0.25) is 0 Å². The number of aryl methyl sites for hydroxylation is 1. The number of rotatable bonds is 3. The maximum atomic E-state index is 13.5. The van der Waals surface area contributed by atoms with Crippen LogP contribution in [0, 0.1) is 12.7 Å². The van der Waals surface area contributed by atoms with E-state index in [0.29, 0.717) is 22.2 Å². The molecular weight excluding hydrogens is 237 g/mol. The highest BCUT2D eigenvalue weighted by Crippen LogP contribution is 2.21. The molecule has 2 N–H and O–H groups in total. The summed E-state index contributed by atoms with van der Waals surface area (Å²) in [6, 6.07) is 4.70. The van der Waals surface area contributed by atoms with Gasteiger partial charge in [0.1, 0.15) is 5.82 Å². The highest BCUT2D eigenvalue weighted by atomic mass is 32.2. The van der Waals surface area contributed by atoms with Gasteiger partial charge >= 0.3 is 0 Å². The molecule has 0 amide bonds. The summed E-state index contributed by atoms with van der Waals surface area (Å²) in [5.74, 6) is 0.208. The zero-order chi connectivity index (χ0) is 12.3. The Morgan fingerprint density at radius 2 is 2.00 bits per heavy atom. The molecule has 0 aliphatic carbocycles. The van der Waals surface area contributed by atoms with Gasteiger partial charge in [0.15, 0.2) is 5.16 Å². The van der Waals surface area contributed by atoms with Crippen molar-refractivity contribution < 1.29 is 4.39 Å². The van der Waals surface area contributed by atoms with Gasteiger partial charge in [0.2, 0.25) is 0 Å². The summed E-state index contributed by atoms with van der Waals surface area (Å²) >= 11 is 1.40. The van der Waals surface area contributed by atoms with Crippen LogP contribution < -0.4 is 5.73 Å². The summed E-state index contributed by atoms with van der Waals surface area (Å²) in [6.07, 6.45) is 3.49. The van der Waals surface area contributed by atoms with Crippen molar-refractivity contribution in [2.75, 3.05) is 5.73 Å². The number of hydrogen-bond donors (Lipinski definition) is 1. The minimum Gasteiger partial charge on any atom is -0.399 e. The lowest BCUT2D eigenvalue weighted by Crippen LogP contribution is -1.93. The number of nitrogens with two attached hydrogens (primary N) is 1. The quantitative estimate of drug-likeness (QED) is 0.516. The van der Waals surface area contributed by atoms with Crippen molar-refractivity contribution in [2.24, 2.45) is 0 Å². The number of thioether (sulfide) groups is 1. The first-order valence-electron chi connectivity index (χ1n) is 5.10. The Kier molecular flexibility index (Phi) is 3.58. The van der Waals surface area contributed by atoms with Crippen LogP contribution in [0.1, 0.15) is 11.1 Å². The molecule has 0 aliphatic rings. The van der Waals surface area contributed by atoms with Gasteiger partial charge in [-0.15, -0.1) is 0 Å². The van der Waals surface area contributed by atoms with Crippen LogP contribution in [0.25, 0.3) is 0 Å². The fraction of sp³-hybridized carbons (Fsp3) is 0.167. The molecule has 0 bridgehead atoms. The van der Waals surface area contributed by atoms with Gasteiger partial charge in [0, 0.05) is 23.8 Å². The van der Waals surface area contributed by atoms with Crippen molar-refractivity contribution in [1.82, 2.24) is 9.97 Å². The molecule has 1 heterocycles. The molecule has 0 fully saturated rings.